The van der Waals surface area contributed by atoms with Gasteiger partial charge in [0.1, 0.15) is 0 Å². The Morgan fingerprint density at radius 1 is 0.778 bits per heavy atom. The first kappa shape index (κ1) is 24.3. The van der Waals surface area contributed by atoms with Gasteiger partial charge in [-0.1, -0.05) is 48.5 Å². The number of rotatable bonds is 7. The number of hydrogen-bond acceptors (Lipinski definition) is 7. The molecule has 0 unspecified atom stereocenters. The van der Waals surface area contributed by atoms with Crippen molar-refractivity contribution >= 4 is 22.6 Å². The number of hydrazine groups is 1. The standard InChI is InChI=1S/C26H24N4O6/c1-34-20-14-13-19(22(35-2)23(20)36-3)24(31)27-28-25(32)21-17-11-7-8-12-18(17)26(33)30(29-21)15-16-9-5-4-6-10-16/h4-14H,15H2,1-3H3,(H,27,31)(H,28,32). The van der Waals surface area contributed by atoms with E-state index in [-0.39, 0.29) is 34.9 Å². The van der Waals surface area contributed by atoms with Crippen molar-refractivity contribution in [2.75, 3.05) is 21.3 Å². The van der Waals surface area contributed by atoms with Crippen LogP contribution >= 0.6 is 0 Å². The number of benzene rings is 3. The number of methoxy groups -OCH3 is 3. The quantitative estimate of drug-likeness (QED) is 0.384. The van der Waals surface area contributed by atoms with Crippen molar-refractivity contribution in [2.45, 2.75) is 6.54 Å². The van der Waals surface area contributed by atoms with Gasteiger partial charge in [-0.2, -0.15) is 5.10 Å². The molecule has 0 radical (unpaired) electrons. The number of nitrogens with zero attached hydrogens (tertiary/aromatic N) is 2. The molecule has 0 atom stereocenters. The molecule has 3 aromatic carbocycles. The highest BCUT2D eigenvalue weighted by Crippen LogP contribution is 2.39. The second-order valence-corrected chi connectivity index (χ2v) is 7.63. The monoisotopic (exact) mass is 488 g/mol. The molecule has 1 aromatic heterocycles. The van der Waals surface area contributed by atoms with Gasteiger partial charge in [0, 0.05) is 5.39 Å². The fraction of sp³-hybridized carbons (Fsp3) is 0.154. The number of nitrogens with one attached hydrogen (secondary N) is 2. The minimum Gasteiger partial charge on any atom is -0.493 e. The molecule has 4 rings (SSSR count). The summed E-state index contributed by atoms with van der Waals surface area (Å²) < 4.78 is 17.1. The third-order valence-electron chi connectivity index (χ3n) is 5.50. The summed E-state index contributed by atoms with van der Waals surface area (Å²) in [6.45, 7) is 0.181. The molecule has 184 valence electrons. The van der Waals surface area contributed by atoms with Gasteiger partial charge >= 0.3 is 0 Å². The first-order chi connectivity index (χ1) is 17.5. The zero-order chi connectivity index (χ0) is 25.7. The Balaban J connectivity index is 1.63. The molecule has 0 bridgehead atoms. The fourth-order valence-corrected chi connectivity index (χ4v) is 3.79. The van der Waals surface area contributed by atoms with E-state index in [0.29, 0.717) is 16.5 Å². The number of amides is 2. The van der Waals surface area contributed by atoms with Crippen molar-refractivity contribution in [1.82, 2.24) is 20.6 Å². The van der Waals surface area contributed by atoms with E-state index in [1.54, 1.807) is 30.3 Å². The molecule has 2 N–H and O–H groups in total. The molecule has 0 aliphatic rings. The molecule has 4 aromatic rings. The Kier molecular flexibility index (Phi) is 7.15. The highest BCUT2D eigenvalue weighted by atomic mass is 16.5. The van der Waals surface area contributed by atoms with Crippen molar-refractivity contribution in [3.8, 4) is 17.2 Å². The Labute approximate surface area is 206 Å². The lowest BCUT2D eigenvalue weighted by Crippen LogP contribution is -2.43. The first-order valence-electron chi connectivity index (χ1n) is 10.9. The van der Waals surface area contributed by atoms with Crippen molar-refractivity contribution in [3.63, 3.8) is 0 Å². The van der Waals surface area contributed by atoms with Gasteiger partial charge in [0.2, 0.25) is 5.75 Å². The Morgan fingerprint density at radius 3 is 2.08 bits per heavy atom. The predicted octanol–water partition coefficient (Wildman–Crippen LogP) is 2.55. The van der Waals surface area contributed by atoms with Crippen molar-refractivity contribution in [2.24, 2.45) is 0 Å². The Bertz CT molecular complexity index is 1480. The van der Waals surface area contributed by atoms with Gasteiger partial charge in [0.25, 0.3) is 17.4 Å². The second kappa shape index (κ2) is 10.6. The zero-order valence-corrected chi connectivity index (χ0v) is 19.9. The third kappa shape index (κ3) is 4.69. The van der Waals surface area contributed by atoms with Crippen LogP contribution in [0.2, 0.25) is 0 Å². The van der Waals surface area contributed by atoms with Crippen molar-refractivity contribution < 1.29 is 23.8 Å². The number of fused-ring (bicyclic) bond motifs is 1. The highest BCUT2D eigenvalue weighted by molar-refractivity contribution is 6.06. The number of hydrogen-bond donors (Lipinski definition) is 2. The van der Waals surface area contributed by atoms with Crippen LogP contribution in [0.5, 0.6) is 17.2 Å². The fourth-order valence-electron chi connectivity index (χ4n) is 3.79. The van der Waals surface area contributed by atoms with Crippen LogP contribution in [0.4, 0.5) is 0 Å². The second-order valence-electron chi connectivity index (χ2n) is 7.63. The summed E-state index contributed by atoms with van der Waals surface area (Å²) >= 11 is 0. The van der Waals surface area contributed by atoms with Crippen LogP contribution in [0.1, 0.15) is 26.4 Å². The summed E-state index contributed by atoms with van der Waals surface area (Å²) in [7, 11) is 4.27. The average molecular weight is 489 g/mol. The van der Waals surface area contributed by atoms with Crippen LogP contribution in [0.25, 0.3) is 10.8 Å². The molecule has 0 spiro atoms. The van der Waals surface area contributed by atoms with Gasteiger partial charge in [0.05, 0.1) is 38.8 Å². The molecule has 1 heterocycles. The van der Waals surface area contributed by atoms with Crippen LogP contribution in [-0.4, -0.2) is 42.9 Å². The molecular weight excluding hydrogens is 464 g/mol. The van der Waals surface area contributed by atoms with Gasteiger partial charge < -0.3 is 14.2 Å². The largest absolute Gasteiger partial charge is 0.493 e. The minimum atomic E-state index is -0.694. The summed E-state index contributed by atoms with van der Waals surface area (Å²) in [5, 5.41) is 5.01. The maximum atomic E-state index is 13.1. The number of ether oxygens (including phenoxy) is 3. The maximum Gasteiger partial charge on any atom is 0.290 e. The van der Waals surface area contributed by atoms with E-state index < -0.39 is 11.8 Å². The first-order valence-corrected chi connectivity index (χ1v) is 10.9. The van der Waals surface area contributed by atoms with Gasteiger partial charge in [-0.25, -0.2) is 4.68 Å². The normalized spacial score (nSPS) is 10.5. The van der Waals surface area contributed by atoms with Crippen LogP contribution in [-0.2, 0) is 6.54 Å². The van der Waals surface area contributed by atoms with Crippen LogP contribution in [0.15, 0.2) is 71.5 Å². The minimum absolute atomic E-state index is 0.0132. The summed E-state index contributed by atoms with van der Waals surface area (Å²) in [6.07, 6.45) is 0. The SMILES string of the molecule is COc1ccc(C(=O)NNC(=O)c2nn(Cc3ccccc3)c(=O)c3ccccc23)c(OC)c1OC. The molecule has 10 nitrogen and oxygen atoms in total. The highest BCUT2D eigenvalue weighted by Gasteiger charge is 2.22. The lowest BCUT2D eigenvalue weighted by Gasteiger charge is -2.16. The van der Waals surface area contributed by atoms with E-state index in [1.165, 1.54) is 32.1 Å². The van der Waals surface area contributed by atoms with Crippen LogP contribution < -0.4 is 30.6 Å². The van der Waals surface area contributed by atoms with Crippen molar-refractivity contribution in [1.29, 1.82) is 0 Å². The van der Waals surface area contributed by atoms with E-state index in [0.717, 1.165) is 5.56 Å². The summed E-state index contributed by atoms with van der Waals surface area (Å²) in [4.78, 5) is 39.0. The lowest BCUT2D eigenvalue weighted by atomic mass is 10.1. The lowest BCUT2D eigenvalue weighted by molar-refractivity contribution is 0.0841. The maximum absolute atomic E-state index is 13.1. The number of carbonyl (C=O) groups is 2. The summed E-state index contributed by atoms with van der Waals surface area (Å²) in [5.74, 6) is -0.585. The van der Waals surface area contributed by atoms with Gasteiger partial charge in [-0.3, -0.25) is 25.2 Å². The number of aromatic nitrogens is 2. The zero-order valence-electron chi connectivity index (χ0n) is 19.9. The van der Waals surface area contributed by atoms with Gasteiger partial charge in [0.15, 0.2) is 17.2 Å². The molecule has 10 heteroatoms. The third-order valence-corrected chi connectivity index (χ3v) is 5.50. The molecule has 0 aliphatic heterocycles. The van der Waals surface area contributed by atoms with E-state index in [2.05, 4.69) is 16.0 Å². The van der Waals surface area contributed by atoms with Crippen molar-refractivity contribution in [3.05, 3.63) is 93.9 Å². The summed E-state index contributed by atoms with van der Waals surface area (Å²) in [6, 6.07) is 19.0. The molecular formula is C26H24N4O6. The van der Waals surface area contributed by atoms with E-state index >= 15 is 0 Å². The van der Waals surface area contributed by atoms with E-state index in [1.807, 2.05) is 30.3 Å². The van der Waals surface area contributed by atoms with Crippen LogP contribution in [0.3, 0.4) is 0 Å². The molecule has 0 aliphatic carbocycles. The smallest absolute Gasteiger partial charge is 0.290 e. The predicted molar refractivity (Wildman–Crippen MR) is 133 cm³/mol. The topological polar surface area (TPSA) is 121 Å². The number of carbonyl (C=O) groups excluding carboxylic acids is 2. The van der Waals surface area contributed by atoms with Crippen LogP contribution in [0, 0.1) is 0 Å². The van der Waals surface area contributed by atoms with Gasteiger partial charge in [-0.15, -0.1) is 0 Å². The molecule has 0 saturated heterocycles. The van der Waals surface area contributed by atoms with E-state index in [9.17, 15) is 14.4 Å². The Hall–Kier alpha value is -4.86. The Morgan fingerprint density at radius 2 is 1.42 bits per heavy atom. The molecule has 0 saturated carbocycles. The summed E-state index contributed by atoms with van der Waals surface area (Å²) in [5.41, 5.74) is 5.36. The molecule has 0 fully saturated rings. The van der Waals surface area contributed by atoms with E-state index in [4.69, 9.17) is 14.2 Å². The average Bonchev–Trinajstić information content (AvgIpc) is 2.92. The van der Waals surface area contributed by atoms with Gasteiger partial charge in [-0.05, 0) is 23.8 Å². The molecule has 2 amide bonds. The molecule has 36 heavy (non-hydrogen) atoms.